The van der Waals surface area contributed by atoms with Crippen LogP contribution in [0.4, 0.5) is 5.69 Å². The standard InChI is InChI=1S/C16H23N5O4/c1-11-14(8-13(10-18-11)21(24)25)16(23)20-7-3-2-4-12(20)9-19-15(22)5-6-17/h8,10,12H,2-7,9,17H2,1H3,(H,19,22). The van der Waals surface area contributed by atoms with Gasteiger partial charge in [-0.2, -0.15) is 0 Å². The zero-order valence-electron chi connectivity index (χ0n) is 14.2. The van der Waals surface area contributed by atoms with Gasteiger partial charge < -0.3 is 16.0 Å². The average molecular weight is 349 g/mol. The van der Waals surface area contributed by atoms with Crippen LogP contribution in [0, 0.1) is 17.0 Å². The maximum absolute atomic E-state index is 12.9. The van der Waals surface area contributed by atoms with Crippen LogP contribution in [0.3, 0.4) is 0 Å². The quantitative estimate of drug-likeness (QED) is 0.575. The van der Waals surface area contributed by atoms with Gasteiger partial charge in [-0.05, 0) is 26.2 Å². The Hall–Kier alpha value is -2.55. The number of piperidine rings is 1. The third-order valence-electron chi connectivity index (χ3n) is 4.31. The van der Waals surface area contributed by atoms with Crippen LogP contribution in [0.1, 0.15) is 41.7 Å². The summed E-state index contributed by atoms with van der Waals surface area (Å²) < 4.78 is 0. The van der Waals surface area contributed by atoms with Gasteiger partial charge >= 0.3 is 0 Å². The normalized spacial score (nSPS) is 17.2. The minimum absolute atomic E-state index is 0.137. The molecule has 0 saturated carbocycles. The molecule has 1 aromatic heterocycles. The van der Waals surface area contributed by atoms with Gasteiger partial charge in [0.25, 0.3) is 11.6 Å². The van der Waals surface area contributed by atoms with Crippen LogP contribution in [-0.4, -0.2) is 52.3 Å². The Bertz CT molecular complexity index is 664. The molecule has 1 aliphatic heterocycles. The van der Waals surface area contributed by atoms with Crippen LogP contribution in [0.2, 0.25) is 0 Å². The molecule has 2 amide bonds. The molecule has 1 atom stereocenters. The summed E-state index contributed by atoms with van der Waals surface area (Å²) in [6.07, 6.45) is 3.99. The van der Waals surface area contributed by atoms with E-state index in [0.29, 0.717) is 18.8 Å². The molecule has 1 aliphatic rings. The number of rotatable bonds is 6. The van der Waals surface area contributed by atoms with Crippen LogP contribution in [0.25, 0.3) is 0 Å². The lowest BCUT2D eigenvalue weighted by Gasteiger charge is -2.36. The lowest BCUT2D eigenvalue weighted by molar-refractivity contribution is -0.385. The van der Waals surface area contributed by atoms with Crippen molar-refractivity contribution in [3.05, 3.63) is 33.6 Å². The lowest BCUT2D eigenvalue weighted by atomic mass is 10.00. The highest BCUT2D eigenvalue weighted by molar-refractivity contribution is 5.96. The number of carbonyl (C=O) groups is 2. The van der Waals surface area contributed by atoms with E-state index in [1.54, 1.807) is 11.8 Å². The zero-order valence-corrected chi connectivity index (χ0v) is 14.2. The summed E-state index contributed by atoms with van der Waals surface area (Å²) in [5, 5.41) is 13.7. The molecular formula is C16H23N5O4. The van der Waals surface area contributed by atoms with Crippen molar-refractivity contribution >= 4 is 17.5 Å². The molecule has 0 spiro atoms. The number of likely N-dealkylation sites (tertiary alicyclic amines) is 1. The number of nitrogens with one attached hydrogen (secondary N) is 1. The number of pyridine rings is 1. The Kier molecular flexibility index (Phi) is 6.40. The molecule has 3 N–H and O–H groups in total. The van der Waals surface area contributed by atoms with Crippen molar-refractivity contribution in [1.82, 2.24) is 15.2 Å². The highest BCUT2D eigenvalue weighted by atomic mass is 16.6. The van der Waals surface area contributed by atoms with E-state index in [-0.39, 0.29) is 42.1 Å². The van der Waals surface area contributed by atoms with Crippen LogP contribution in [0.15, 0.2) is 12.3 Å². The van der Waals surface area contributed by atoms with Crippen LogP contribution in [0.5, 0.6) is 0 Å². The summed E-state index contributed by atoms with van der Waals surface area (Å²) in [7, 11) is 0. The lowest BCUT2D eigenvalue weighted by Crippen LogP contribution is -2.49. The average Bonchev–Trinajstić information content (AvgIpc) is 2.60. The predicted molar refractivity (Wildman–Crippen MR) is 91.0 cm³/mol. The molecule has 0 aromatic carbocycles. The van der Waals surface area contributed by atoms with E-state index in [1.165, 1.54) is 6.07 Å². The van der Waals surface area contributed by atoms with E-state index in [2.05, 4.69) is 10.3 Å². The fourth-order valence-electron chi connectivity index (χ4n) is 2.92. The monoisotopic (exact) mass is 349 g/mol. The largest absolute Gasteiger partial charge is 0.354 e. The summed E-state index contributed by atoms with van der Waals surface area (Å²) in [4.78, 5) is 40.6. The van der Waals surface area contributed by atoms with Gasteiger partial charge in [0.05, 0.1) is 16.2 Å². The number of carbonyl (C=O) groups excluding carboxylic acids is 2. The molecule has 1 saturated heterocycles. The number of hydrogen-bond donors (Lipinski definition) is 2. The number of nitro groups is 1. The van der Waals surface area contributed by atoms with E-state index in [0.717, 1.165) is 25.5 Å². The molecule has 9 heteroatoms. The van der Waals surface area contributed by atoms with Gasteiger partial charge in [0, 0.05) is 38.2 Å². The SMILES string of the molecule is Cc1ncc([N+](=O)[O-])cc1C(=O)N1CCCCC1CNC(=O)CCN. The maximum Gasteiger partial charge on any atom is 0.288 e. The van der Waals surface area contributed by atoms with E-state index in [1.807, 2.05) is 0 Å². The van der Waals surface area contributed by atoms with Crippen molar-refractivity contribution in [3.63, 3.8) is 0 Å². The summed E-state index contributed by atoms with van der Waals surface area (Å²) >= 11 is 0. The molecule has 2 heterocycles. The van der Waals surface area contributed by atoms with Crippen molar-refractivity contribution < 1.29 is 14.5 Å². The second-order valence-electron chi connectivity index (χ2n) is 6.07. The van der Waals surface area contributed by atoms with Gasteiger partial charge in [0.15, 0.2) is 0 Å². The number of aromatic nitrogens is 1. The van der Waals surface area contributed by atoms with E-state index in [4.69, 9.17) is 5.73 Å². The first-order chi connectivity index (χ1) is 11.9. The predicted octanol–water partition coefficient (Wildman–Crippen LogP) is 0.758. The third kappa shape index (κ3) is 4.72. The Morgan fingerprint density at radius 2 is 2.24 bits per heavy atom. The minimum Gasteiger partial charge on any atom is -0.354 e. The van der Waals surface area contributed by atoms with E-state index < -0.39 is 4.92 Å². The van der Waals surface area contributed by atoms with Gasteiger partial charge in [-0.25, -0.2) is 0 Å². The summed E-state index contributed by atoms with van der Waals surface area (Å²) in [5.74, 6) is -0.430. The number of nitrogens with zero attached hydrogens (tertiary/aromatic N) is 3. The Morgan fingerprint density at radius 1 is 1.48 bits per heavy atom. The molecule has 0 radical (unpaired) electrons. The number of nitrogens with two attached hydrogens (primary N) is 1. The van der Waals surface area contributed by atoms with Gasteiger partial charge in [-0.3, -0.25) is 24.7 Å². The molecule has 0 bridgehead atoms. The van der Waals surface area contributed by atoms with Crippen molar-refractivity contribution in [2.75, 3.05) is 19.6 Å². The van der Waals surface area contributed by atoms with Gasteiger partial charge in [-0.15, -0.1) is 0 Å². The Labute approximate surface area is 145 Å². The summed E-state index contributed by atoms with van der Waals surface area (Å²) in [6, 6.07) is 1.13. The van der Waals surface area contributed by atoms with Crippen molar-refractivity contribution in [3.8, 4) is 0 Å². The summed E-state index contributed by atoms with van der Waals surface area (Å²) in [5.41, 5.74) is 5.83. The molecule has 25 heavy (non-hydrogen) atoms. The molecule has 1 unspecified atom stereocenters. The third-order valence-corrected chi connectivity index (χ3v) is 4.31. The van der Waals surface area contributed by atoms with E-state index >= 15 is 0 Å². The molecule has 1 aromatic rings. The molecule has 136 valence electrons. The fourth-order valence-corrected chi connectivity index (χ4v) is 2.92. The fraction of sp³-hybridized carbons (Fsp3) is 0.562. The van der Waals surface area contributed by atoms with Crippen molar-refractivity contribution in [1.29, 1.82) is 0 Å². The highest BCUT2D eigenvalue weighted by Gasteiger charge is 2.29. The first-order valence-electron chi connectivity index (χ1n) is 8.32. The number of aryl methyl sites for hydroxylation is 1. The topological polar surface area (TPSA) is 131 Å². The molecule has 2 rings (SSSR count). The Morgan fingerprint density at radius 3 is 2.92 bits per heavy atom. The maximum atomic E-state index is 12.9. The molecular weight excluding hydrogens is 326 g/mol. The van der Waals surface area contributed by atoms with E-state index in [9.17, 15) is 19.7 Å². The van der Waals surface area contributed by atoms with Crippen molar-refractivity contribution in [2.45, 2.75) is 38.6 Å². The molecule has 9 nitrogen and oxygen atoms in total. The van der Waals surface area contributed by atoms with Gasteiger partial charge in [-0.1, -0.05) is 0 Å². The van der Waals surface area contributed by atoms with Gasteiger partial charge in [0.1, 0.15) is 6.20 Å². The Balaban J connectivity index is 2.16. The van der Waals surface area contributed by atoms with Gasteiger partial charge in [0.2, 0.25) is 5.91 Å². The second-order valence-corrected chi connectivity index (χ2v) is 6.07. The molecule has 1 fully saturated rings. The molecule has 0 aliphatic carbocycles. The first-order valence-corrected chi connectivity index (χ1v) is 8.32. The second kappa shape index (κ2) is 8.52. The van der Waals surface area contributed by atoms with Crippen LogP contribution >= 0.6 is 0 Å². The number of amides is 2. The summed E-state index contributed by atoms with van der Waals surface area (Å²) in [6.45, 7) is 2.83. The zero-order chi connectivity index (χ0) is 18.4. The van der Waals surface area contributed by atoms with Crippen LogP contribution in [-0.2, 0) is 4.79 Å². The van der Waals surface area contributed by atoms with Crippen LogP contribution < -0.4 is 11.1 Å². The van der Waals surface area contributed by atoms with Crippen molar-refractivity contribution in [2.24, 2.45) is 5.73 Å². The number of hydrogen-bond acceptors (Lipinski definition) is 6. The first kappa shape index (κ1) is 18.8. The highest BCUT2D eigenvalue weighted by Crippen LogP contribution is 2.22. The minimum atomic E-state index is -0.566. The smallest absolute Gasteiger partial charge is 0.288 e.